The van der Waals surface area contributed by atoms with E-state index < -0.39 is 0 Å². The minimum absolute atomic E-state index is 0.109. The van der Waals surface area contributed by atoms with E-state index in [9.17, 15) is 4.79 Å². The van der Waals surface area contributed by atoms with E-state index in [1.807, 2.05) is 39.9 Å². The van der Waals surface area contributed by atoms with E-state index >= 15 is 0 Å². The summed E-state index contributed by atoms with van der Waals surface area (Å²) >= 11 is 1.59. The molecule has 2 aromatic heterocycles. The summed E-state index contributed by atoms with van der Waals surface area (Å²) < 4.78 is 5.65. The lowest BCUT2D eigenvalue weighted by Gasteiger charge is -2.29. The first kappa shape index (κ1) is 15.1. The number of fused-ring (bicyclic) bond motifs is 1. The molecule has 0 bridgehead atoms. The van der Waals surface area contributed by atoms with Crippen LogP contribution in [0.1, 0.15) is 24.3 Å². The topological polar surface area (TPSA) is 59.2 Å². The molecule has 3 aromatic rings. The zero-order valence-electron chi connectivity index (χ0n) is 13.1. The van der Waals surface area contributed by atoms with Gasteiger partial charge in [0.1, 0.15) is 0 Å². The number of aryl methyl sites for hydroxylation is 2. The SMILES string of the molecule is O=C(CCc1nnc(-c2ccsc2)o1)N1CCCc2ccccc21. The molecule has 3 heterocycles. The monoisotopic (exact) mass is 339 g/mol. The van der Waals surface area contributed by atoms with E-state index in [1.54, 1.807) is 11.3 Å². The highest BCUT2D eigenvalue weighted by Crippen LogP contribution is 2.27. The van der Waals surface area contributed by atoms with E-state index in [0.717, 1.165) is 30.6 Å². The molecule has 0 spiro atoms. The van der Waals surface area contributed by atoms with Crippen LogP contribution >= 0.6 is 11.3 Å². The molecule has 122 valence electrons. The third kappa shape index (κ3) is 2.97. The number of nitrogens with zero attached hydrogens (tertiary/aromatic N) is 3. The first-order valence-electron chi connectivity index (χ1n) is 8.04. The Bertz CT molecular complexity index is 842. The van der Waals surface area contributed by atoms with E-state index in [2.05, 4.69) is 16.3 Å². The molecule has 24 heavy (non-hydrogen) atoms. The van der Waals surface area contributed by atoms with Crippen LogP contribution in [0.5, 0.6) is 0 Å². The molecule has 1 aromatic carbocycles. The second-order valence-electron chi connectivity index (χ2n) is 5.79. The standard InChI is InChI=1S/C18H17N3O2S/c22-17(21-10-3-5-13-4-1-2-6-15(13)21)8-7-16-19-20-18(23-16)14-9-11-24-12-14/h1-2,4,6,9,11-12H,3,5,7-8,10H2. The van der Waals surface area contributed by atoms with Crippen molar-refractivity contribution in [2.45, 2.75) is 25.7 Å². The summed E-state index contributed by atoms with van der Waals surface area (Å²) in [4.78, 5) is 14.5. The molecule has 1 aliphatic rings. The largest absolute Gasteiger partial charge is 0.421 e. The number of benzene rings is 1. The summed E-state index contributed by atoms with van der Waals surface area (Å²) in [7, 11) is 0. The van der Waals surface area contributed by atoms with Crippen molar-refractivity contribution < 1.29 is 9.21 Å². The van der Waals surface area contributed by atoms with Gasteiger partial charge >= 0.3 is 0 Å². The molecule has 1 amide bonds. The Balaban J connectivity index is 1.43. The van der Waals surface area contributed by atoms with Crippen LogP contribution in [0.25, 0.3) is 11.5 Å². The number of thiophene rings is 1. The molecule has 4 rings (SSSR count). The van der Waals surface area contributed by atoms with Crippen LogP contribution in [-0.4, -0.2) is 22.6 Å². The Kier molecular flexibility index (Phi) is 4.13. The first-order chi connectivity index (χ1) is 11.8. The lowest BCUT2D eigenvalue weighted by Crippen LogP contribution is -2.35. The van der Waals surface area contributed by atoms with E-state index in [1.165, 1.54) is 5.56 Å². The van der Waals surface area contributed by atoms with Crippen LogP contribution in [-0.2, 0) is 17.6 Å². The predicted molar refractivity (Wildman–Crippen MR) is 93.0 cm³/mol. The van der Waals surface area contributed by atoms with Gasteiger partial charge < -0.3 is 9.32 Å². The van der Waals surface area contributed by atoms with Gasteiger partial charge in [-0.1, -0.05) is 18.2 Å². The van der Waals surface area contributed by atoms with Crippen LogP contribution in [0, 0.1) is 0 Å². The van der Waals surface area contributed by atoms with Crippen LogP contribution in [0.3, 0.4) is 0 Å². The van der Waals surface area contributed by atoms with Gasteiger partial charge in [0, 0.05) is 36.0 Å². The summed E-state index contributed by atoms with van der Waals surface area (Å²) in [6, 6.07) is 10.1. The lowest BCUT2D eigenvalue weighted by atomic mass is 10.0. The Morgan fingerprint density at radius 3 is 3.04 bits per heavy atom. The highest BCUT2D eigenvalue weighted by molar-refractivity contribution is 7.08. The van der Waals surface area contributed by atoms with Crippen molar-refractivity contribution in [3.8, 4) is 11.5 Å². The van der Waals surface area contributed by atoms with Crippen LogP contribution < -0.4 is 4.90 Å². The fraction of sp³-hybridized carbons (Fsp3) is 0.278. The molecule has 5 nitrogen and oxygen atoms in total. The Morgan fingerprint density at radius 1 is 1.25 bits per heavy atom. The van der Waals surface area contributed by atoms with Gasteiger partial charge in [0.2, 0.25) is 17.7 Å². The molecule has 0 N–H and O–H groups in total. The molecule has 0 saturated heterocycles. The van der Waals surface area contributed by atoms with Crippen LogP contribution in [0.4, 0.5) is 5.69 Å². The van der Waals surface area contributed by atoms with Crippen molar-refractivity contribution in [2.24, 2.45) is 0 Å². The number of anilines is 1. The normalized spacial score (nSPS) is 13.8. The third-order valence-corrected chi connectivity index (χ3v) is 4.88. The number of amides is 1. The summed E-state index contributed by atoms with van der Waals surface area (Å²) in [5, 5.41) is 12.0. The molecule has 0 saturated carbocycles. The summed E-state index contributed by atoms with van der Waals surface area (Å²) in [5.41, 5.74) is 3.21. The van der Waals surface area contributed by atoms with Gasteiger partial charge in [-0.15, -0.1) is 10.2 Å². The average Bonchev–Trinajstić information content (AvgIpc) is 3.30. The van der Waals surface area contributed by atoms with E-state index in [-0.39, 0.29) is 5.91 Å². The highest BCUT2D eigenvalue weighted by atomic mass is 32.1. The van der Waals surface area contributed by atoms with E-state index in [0.29, 0.717) is 24.6 Å². The summed E-state index contributed by atoms with van der Waals surface area (Å²) in [6.45, 7) is 0.778. The molecule has 6 heteroatoms. The molecule has 0 unspecified atom stereocenters. The second kappa shape index (κ2) is 6.57. The quantitative estimate of drug-likeness (QED) is 0.727. The maximum Gasteiger partial charge on any atom is 0.248 e. The predicted octanol–water partition coefficient (Wildman–Crippen LogP) is 3.71. The van der Waals surface area contributed by atoms with Crippen molar-refractivity contribution in [1.29, 1.82) is 0 Å². The Morgan fingerprint density at radius 2 is 2.17 bits per heavy atom. The van der Waals surface area contributed by atoms with Gasteiger partial charge in [0.15, 0.2) is 0 Å². The van der Waals surface area contributed by atoms with Crippen molar-refractivity contribution in [2.75, 3.05) is 11.4 Å². The highest BCUT2D eigenvalue weighted by Gasteiger charge is 2.22. The third-order valence-electron chi connectivity index (χ3n) is 4.20. The summed E-state index contributed by atoms with van der Waals surface area (Å²) in [6.07, 6.45) is 2.88. The molecular weight excluding hydrogens is 322 g/mol. The smallest absolute Gasteiger partial charge is 0.248 e. The number of rotatable bonds is 4. The molecule has 0 fully saturated rings. The lowest BCUT2D eigenvalue weighted by molar-refractivity contribution is -0.118. The molecule has 0 radical (unpaired) electrons. The summed E-state index contributed by atoms with van der Waals surface area (Å²) in [5.74, 6) is 1.13. The molecule has 0 aliphatic carbocycles. The van der Waals surface area contributed by atoms with Gasteiger partial charge in [-0.3, -0.25) is 4.79 Å². The van der Waals surface area contributed by atoms with Gasteiger partial charge in [0.05, 0.1) is 0 Å². The van der Waals surface area contributed by atoms with Gasteiger partial charge in [-0.2, -0.15) is 11.3 Å². The zero-order valence-corrected chi connectivity index (χ0v) is 14.0. The molecular formula is C18H17N3O2S. The zero-order chi connectivity index (χ0) is 16.4. The van der Waals surface area contributed by atoms with Gasteiger partial charge in [-0.25, -0.2) is 0 Å². The fourth-order valence-corrected chi connectivity index (χ4v) is 3.63. The number of para-hydroxylation sites is 1. The number of carbonyl (C=O) groups is 1. The van der Waals surface area contributed by atoms with Crippen molar-refractivity contribution in [3.05, 3.63) is 52.5 Å². The number of aromatic nitrogens is 2. The first-order valence-corrected chi connectivity index (χ1v) is 8.99. The number of hydrogen-bond acceptors (Lipinski definition) is 5. The maximum absolute atomic E-state index is 12.6. The Hall–Kier alpha value is -2.47. The Labute approximate surface area is 143 Å². The van der Waals surface area contributed by atoms with Gasteiger partial charge in [-0.05, 0) is 35.9 Å². The average molecular weight is 339 g/mol. The number of carbonyl (C=O) groups excluding carboxylic acids is 1. The van der Waals surface area contributed by atoms with Crippen molar-refractivity contribution in [3.63, 3.8) is 0 Å². The maximum atomic E-state index is 12.6. The van der Waals surface area contributed by atoms with E-state index in [4.69, 9.17) is 4.42 Å². The minimum atomic E-state index is 0.109. The van der Waals surface area contributed by atoms with Crippen molar-refractivity contribution in [1.82, 2.24) is 10.2 Å². The van der Waals surface area contributed by atoms with Crippen LogP contribution in [0.15, 0.2) is 45.5 Å². The second-order valence-corrected chi connectivity index (χ2v) is 6.57. The van der Waals surface area contributed by atoms with Crippen LogP contribution in [0.2, 0.25) is 0 Å². The minimum Gasteiger partial charge on any atom is -0.421 e. The number of hydrogen-bond donors (Lipinski definition) is 0. The molecule has 0 atom stereocenters. The van der Waals surface area contributed by atoms with Gasteiger partial charge in [0.25, 0.3) is 0 Å². The molecule has 1 aliphatic heterocycles. The van der Waals surface area contributed by atoms with Crippen molar-refractivity contribution >= 4 is 22.9 Å². The fourth-order valence-electron chi connectivity index (χ4n) is 3.00.